The lowest BCUT2D eigenvalue weighted by Crippen LogP contribution is -2.22. The first-order chi connectivity index (χ1) is 11.6. The second-order valence-electron chi connectivity index (χ2n) is 5.84. The van der Waals surface area contributed by atoms with Crippen LogP contribution in [0.25, 0.3) is 0 Å². The predicted molar refractivity (Wildman–Crippen MR) is 95.8 cm³/mol. The third-order valence-corrected chi connectivity index (χ3v) is 4.16. The van der Waals surface area contributed by atoms with Gasteiger partial charge in [0, 0.05) is 18.3 Å². The first-order valence-electron chi connectivity index (χ1n) is 8.00. The van der Waals surface area contributed by atoms with Crippen molar-refractivity contribution in [3.63, 3.8) is 0 Å². The van der Waals surface area contributed by atoms with Crippen molar-refractivity contribution >= 4 is 5.91 Å². The van der Waals surface area contributed by atoms with Gasteiger partial charge in [-0.15, -0.1) is 0 Å². The number of carbonyl (C=O) groups excluding carboxylic acids is 1. The van der Waals surface area contributed by atoms with Crippen molar-refractivity contribution in [1.82, 2.24) is 4.57 Å². The Hall–Kier alpha value is -2.94. The Morgan fingerprint density at radius 2 is 1.67 bits per heavy atom. The summed E-state index contributed by atoms with van der Waals surface area (Å²) in [5.74, 6) is -0.204. The number of pyridine rings is 1. The summed E-state index contributed by atoms with van der Waals surface area (Å²) in [7, 11) is 0. The van der Waals surface area contributed by atoms with Crippen molar-refractivity contribution in [2.45, 2.75) is 20.4 Å². The zero-order chi connectivity index (χ0) is 16.9. The minimum Gasteiger partial charge on any atom is -0.328 e. The van der Waals surface area contributed by atoms with Crippen molar-refractivity contribution in [3.05, 3.63) is 101 Å². The Morgan fingerprint density at radius 1 is 0.917 bits per heavy atom. The molecule has 1 amide bonds. The number of aryl methyl sites for hydroxylation is 1. The van der Waals surface area contributed by atoms with Gasteiger partial charge in [0.05, 0.1) is 0 Å². The summed E-state index contributed by atoms with van der Waals surface area (Å²) < 4.78 is 1.98. The molecule has 2 aromatic carbocycles. The van der Waals surface area contributed by atoms with E-state index in [-0.39, 0.29) is 5.91 Å². The summed E-state index contributed by atoms with van der Waals surface area (Å²) in [6.07, 6.45) is 1.95. The van der Waals surface area contributed by atoms with Gasteiger partial charge in [0.1, 0.15) is 5.49 Å². The molecule has 3 rings (SSSR count). The predicted octanol–water partition coefficient (Wildman–Crippen LogP) is 3.89. The van der Waals surface area contributed by atoms with Crippen LogP contribution in [0, 0.1) is 13.8 Å². The molecule has 0 atom stereocenters. The van der Waals surface area contributed by atoms with Crippen LogP contribution < -0.4 is 5.49 Å². The maximum atomic E-state index is 12.6. The molecule has 0 N–H and O–H groups in total. The standard InChI is InChI=1S/C21H20N2O/c1-16-9-8-12-19(17(16)2)21(24)22-20-13-6-7-14-23(20)15-18-10-4-3-5-11-18/h3-14H,15H2,1-2H3. The fourth-order valence-corrected chi connectivity index (χ4v) is 2.63. The monoisotopic (exact) mass is 316 g/mol. The fourth-order valence-electron chi connectivity index (χ4n) is 2.63. The van der Waals surface area contributed by atoms with Gasteiger partial charge in [0.2, 0.25) is 0 Å². The Morgan fingerprint density at radius 3 is 2.46 bits per heavy atom. The summed E-state index contributed by atoms with van der Waals surface area (Å²) in [4.78, 5) is 17.0. The number of aromatic nitrogens is 1. The highest BCUT2D eigenvalue weighted by Gasteiger charge is 2.09. The van der Waals surface area contributed by atoms with Crippen LogP contribution in [0.1, 0.15) is 27.0 Å². The molecule has 1 heterocycles. The molecule has 0 aliphatic heterocycles. The molecule has 1 aromatic heterocycles. The zero-order valence-electron chi connectivity index (χ0n) is 13.9. The molecule has 3 heteroatoms. The van der Waals surface area contributed by atoms with E-state index in [0.29, 0.717) is 17.6 Å². The van der Waals surface area contributed by atoms with Gasteiger partial charge in [0.25, 0.3) is 5.91 Å². The maximum absolute atomic E-state index is 12.6. The minimum absolute atomic E-state index is 0.204. The second kappa shape index (κ2) is 7.09. The average molecular weight is 316 g/mol. The van der Waals surface area contributed by atoms with E-state index >= 15 is 0 Å². The van der Waals surface area contributed by atoms with Gasteiger partial charge in [-0.2, -0.15) is 4.99 Å². The van der Waals surface area contributed by atoms with E-state index < -0.39 is 0 Å². The first-order valence-corrected chi connectivity index (χ1v) is 8.00. The van der Waals surface area contributed by atoms with Gasteiger partial charge in [-0.3, -0.25) is 4.79 Å². The molecule has 0 spiro atoms. The lowest BCUT2D eigenvalue weighted by Gasteiger charge is -2.08. The molecule has 0 bridgehead atoms. The highest BCUT2D eigenvalue weighted by atomic mass is 16.1. The molecule has 0 saturated carbocycles. The lowest BCUT2D eigenvalue weighted by molar-refractivity contribution is 0.0996. The van der Waals surface area contributed by atoms with E-state index in [2.05, 4.69) is 17.1 Å². The van der Waals surface area contributed by atoms with Crippen LogP contribution in [0.2, 0.25) is 0 Å². The fraction of sp³-hybridized carbons (Fsp3) is 0.143. The number of benzene rings is 2. The van der Waals surface area contributed by atoms with Crippen molar-refractivity contribution in [3.8, 4) is 0 Å². The molecular weight excluding hydrogens is 296 g/mol. The van der Waals surface area contributed by atoms with E-state index in [1.807, 2.05) is 79.2 Å². The van der Waals surface area contributed by atoms with Crippen LogP contribution in [-0.2, 0) is 6.54 Å². The summed E-state index contributed by atoms with van der Waals surface area (Å²) in [6.45, 7) is 4.64. The van der Waals surface area contributed by atoms with Crippen LogP contribution in [0.5, 0.6) is 0 Å². The van der Waals surface area contributed by atoms with Crippen molar-refractivity contribution < 1.29 is 4.79 Å². The number of nitrogens with zero attached hydrogens (tertiary/aromatic N) is 2. The topological polar surface area (TPSA) is 34.4 Å². The van der Waals surface area contributed by atoms with E-state index in [4.69, 9.17) is 0 Å². The van der Waals surface area contributed by atoms with Crippen LogP contribution >= 0.6 is 0 Å². The molecule has 0 saturated heterocycles. The summed E-state index contributed by atoms with van der Waals surface area (Å²) in [5, 5.41) is 0. The number of hydrogen-bond acceptors (Lipinski definition) is 1. The quantitative estimate of drug-likeness (QED) is 0.722. The summed E-state index contributed by atoms with van der Waals surface area (Å²) in [5.41, 5.74) is 4.57. The highest BCUT2D eigenvalue weighted by molar-refractivity contribution is 5.96. The van der Waals surface area contributed by atoms with Gasteiger partial charge in [-0.1, -0.05) is 48.5 Å². The van der Waals surface area contributed by atoms with Crippen LogP contribution in [0.3, 0.4) is 0 Å². The SMILES string of the molecule is Cc1cccc(C(=O)N=c2ccccn2Cc2ccccc2)c1C. The van der Waals surface area contributed by atoms with Gasteiger partial charge >= 0.3 is 0 Å². The maximum Gasteiger partial charge on any atom is 0.279 e. The molecule has 3 nitrogen and oxygen atoms in total. The first kappa shape index (κ1) is 15.9. The van der Waals surface area contributed by atoms with Crippen LogP contribution in [0.4, 0.5) is 0 Å². The average Bonchev–Trinajstić information content (AvgIpc) is 2.60. The smallest absolute Gasteiger partial charge is 0.279 e. The Balaban J connectivity index is 1.98. The highest BCUT2D eigenvalue weighted by Crippen LogP contribution is 2.13. The van der Waals surface area contributed by atoms with Crippen LogP contribution in [-0.4, -0.2) is 10.5 Å². The largest absolute Gasteiger partial charge is 0.328 e. The van der Waals surface area contributed by atoms with Gasteiger partial charge in [-0.25, -0.2) is 0 Å². The number of hydrogen-bond donors (Lipinski definition) is 0. The summed E-state index contributed by atoms with van der Waals surface area (Å²) >= 11 is 0. The Bertz CT molecular complexity index is 924. The van der Waals surface area contributed by atoms with Gasteiger partial charge in [0.15, 0.2) is 0 Å². The third kappa shape index (κ3) is 3.51. The van der Waals surface area contributed by atoms with Crippen LogP contribution in [0.15, 0.2) is 77.9 Å². The Labute approximate surface area is 141 Å². The van der Waals surface area contributed by atoms with E-state index in [1.54, 1.807) is 0 Å². The molecule has 0 aliphatic carbocycles. The summed E-state index contributed by atoms with van der Waals surface area (Å²) in [6, 6.07) is 21.6. The molecule has 0 fully saturated rings. The molecule has 0 unspecified atom stereocenters. The molecule has 3 aromatic rings. The van der Waals surface area contributed by atoms with E-state index in [1.165, 1.54) is 5.56 Å². The van der Waals surface area contributed by atoms with E-state index in [9.17, 15) is 4.79 Å². The second-order valence-corrected chi connectivity index (χ2v) is 5.84. The number of rotatable bonds is 3. The number of carbonyl (C=O) groups is 1. The van der Waals surface area contributed by atoms with E-state index in [0.717, 1.165) is 11.1 Å². The lowest BCUT2D eigenvalue weighted by atomic mass is 10.0. The zero-order valence-corrected chi connectivity index (χ0v) is 13.9. The molecule has 120 valence electrons. The normalized spacial score (nSPS) is 11.5. The Kier molecular flexibility index (Phi) is 4.71. The van der Waals surface area contributed by atoms with Crippen molar-refractivity contribution in [2.75, 3.05) is 0 Å². The molecule has 0 aliphatic rings. The van der Waals surface area contributed by atoms with Gasteiger partial charge < -0.3 is 4.57 Å². The van der Waals surface area contributed by atoms with Crippen molar-refractivity contribution in [1.29, 1.82) is 0 Å². The van der Waals surface area contributed by atoms with Crippen molar-refractivity contribution in [2.24, 2.45) is 4.99 Å². The van der Waals surface area contributed by atoms with Gasteiger partial charge in [-0.05, 0) is 48.7 Å². The number of amides is 1. The minimum atomic E-state index is -0.204. The third-order valence-electron chi connectivity index (χ3n) is 4.16. The molecular formula is C21H20N2O. The molecule has 24 heavy (non-hydrogen) atoms. The molecule has 0 radical (unpaired) electrons.